The number of hydrogen-bond donors (Lipinski definition) is 1. The van der Waals surface area contributed by atoms with Gasteiger partial charge in [0.2, 0.25) is 15.9 Å². The lowest BCUT2D eigenvalue weighted by Gasteiger charge is -2.33. The Bertz CT molecular complexity index is 1280. The monoisotopic (exact) mass is 474 g/mol. The molecule has 0 radical (unpaired) electrons. The van der Waals surface area contributed by atoms with Crippen molar-refractivity contribution in [3.05, 3.63) is 48.0 Å². The number of aromatic nitrogens is 1. The van der Waals surface area contributed by atoms with Crippen molar-refractivity contribution >= 4 is 48.5 Å². The minimum Gasteiger partial charge on any atom is -0.497 e. The normalized spacial score (nSPS) is 15.0. The van der Waals surface area contributed by atoms with E-state index in [-0.39, 0.29) is 29.5 Å². The van der Waals surface area contributed by atoms with E-state index >= 15 is 0 Å². The van der Waals surface area contributed by atoms with Gasteiger partial charge in [-0.1, -0.05) is 17.4 Å². The predicted molar refractivity (Wildman–Crippen MR) is 122 cm³/mol. The Labute approximate surface area is 189 Å². The highest BCUT2D eigenvalue weighted by molar-refractivity contribution is 7.89. The number of thiazole rings is 1. The van der Waals surface area contributed by atoms with Gasteiger partial charge in [0.25, 0.3) is 5.91 Å². The van der Waals surface area contributed by atoms with Gasteiger partial charge in [0.05, 0.1) is 22.2 Å². The molecule has 0 bridgehead atoms. The summed E-state index contributed by atoms with van der Waals surface area (Å²) >= 11 is 1.30. The molecule has 0 aliphatic carbocycles. The van der Waals surface area contributed by atoms with E-state index in [9.17, 15) is 18.0 Å². The largest absolute Gasteiger partial charge is 0.497 e. The van der Waals surface area contributed by atoms with Crippen molar-refractivity contribution in [2.75, 3.05) is 38.6 Å². The Hall–Kier alpha value is -3.02. The fourth-order valence-corrected chi connectivity index (χ4v) is 5.80. The summed E-state index contributed by atoms with van der Waals surface area (Å²) < 4.78 is 33.5. The number of benzene rings is 2. The summed E-state index contributed by atoms with van der Waals surface area (Å²) in [5, 5.41) is 3.15. The molecule has 0 saturated carbocycles. The number of nitrogens with one attached hydrogen (secondary N) is 1. The number of methoxy groups -OCH3 is 1. The van der Waals surface area contributed by atoms with Crippen molar-refractivity contribution in [3.8, 4) is 5.75 Å². The first-order valence-corrected chi connectivity index (χ1v) is 12.2. The summed E-state index contributed by atoms with van der Waals surface area (Å²) in [7, 11) is -2.20. The minimum absolute atomic E-state index is 0.0375. The summed E-state index contributed by atoms with van der Waals surface area (Å²) in [4.78, 5) is 30.3. The van der Waals surface area contributed by atoms with Crippen LogP contribution in [0.25, 0.3) is 10.2 Å². The predicted octanol–water partition coefficient (Wildman–Crippen LogP) is 2.41. The number of carbonyl (C=O) groups is 2. The van der Waals surface area contributed by atoms with Crippen LogP contribution >= 0.6 is 11.3 Å². The zero-order chi connectivity index (χ0) is 22.9. The van der Waals surface area contributed by atoms with Gasteiger partial charge >= 0.3 is 0 Å². The Balaban J connectivity index is 1.51. The Kier molecular flexibility index (Phi) is 6.13. The molecule has 2 aromatic carbocycles. The lowest BCUT2D eigenvalue weighted by molar-refractivity contribution is -0.129. The third kappa shape index (κ3) is 4.45. The first-order valence-electron chi connectivity index (χ1n) is 9.89. The number of anilines is 1. The van der Waals surface area contributed by atoms with Crippen molar-refractivity contribution in [3.63, 3.8) is 0 Å². The summed E-state index contributed by atoms with van der Waals surface area (Å²) in [6.07, 6.45) is 0. The quantitative estimate of drug-likeness (QED) is 0.608. The fourth-order valence-electron chi connectivity index (χ4n) is 3.44. The van der Waals surface area contributed by atoms with Gasteiger partial charge in [-0.2, -0.15) is 4.31 Å². The molecule has 9 nitrogen and oxygen atoms in total. The third-order valence-electron chi connectivity index (χ3n) is 5.23. The van der Waals surface area contributed by atoms with Crippen LogP contribution in [0.3, 0.4) is 0 Å². The van der Waals surface area contributed by atoms with Crippen molar-refractivity contribution in [2.45, 2.75) is 11.8 Å². The van der Waals surface area contributed by atoms with Crippen molar-refractivity contribution in [1.29, 1.82) is 0 Å². The maximum Gasteiger partial charge on any atom is 0.257 e. The van der Waals surface area contributed by atoms with Crippen molar-refractivity contribution in [1.82, 2.24) is 14.2 Å². The van der Waals surface area contributed by atoms with Crippen LogP contribution < -0.4 is 10.1 Å². The topological polar surface area (TPSA) is 109 Å². The van der Waals surface area contributed by atoms with Gasteiger partial charge in [-0.15, -0.1) is 0 Å². The highest BCUT2D eigenvalue weighted by Gasteiger charge is 2.29. The number of rotatable bonds is 5. The van der Waals surface area contributed by atoms with E-state index in [1.807, 2.05) is 6.07 Å². The molecule has 0 spiro atoms. The molecule has 4 rings (SSSR count). The van der Waals surface area contributed by atoms with Crippen LogP contribution in [-0.2, 0) is 14.8 Å². The average molecular weight is 475 g/mol. The smallest absolute Gasteiger partial charge is 0.257 e. The number of piperazine rings is 1. The molecule has 3 aromatic rings. The molecule has 0 unspecified atom stereocenters. The van der Waals surface area contributed by atoms with Gasteiger partial charge in [-0.25, -0.2) is 13.4 Å². The van der Waals surface area contributed by atoms with E-state index in [0.29, 0.717) is 24.0 Å². The van der Waals surface area contributed by atoms with E-state index in [0.717, 1.165) is 10.2 Å². The Morgan fingerprint density at radius 3 is 2.53 bits per heavy atom. The molecule has 168 valence electrons. The summed E-state index contributed by atoms with van der Waals surface area (Å²) in [5.74, 6) is 0.171. The molecule has 2 amide bonds. The van der Waals surface area contributed by atoms with Crippen LogP contribution in [-0.4, -0.2) is 67.7 Å². The van der Waals surface area contributed by atoms with Gasteiger partial charge in [-0.05, 0) is 36.4 Å². The van der Waals surface area contributed by atoms with E-state index in [4.69, 9.17) is 4.74 Å². The molecule has 2 heterocycles. The number of sulfonamides is 1. The maximum atomic E-state index is 13.0. The maximum absolute atomic E-state index is 13.0. The molecule has 0 atom stereocenters. The molecule has 1 N–H and O–H groups in total. The van der Waals surface area contributed by atoms with Crippen LogP contribution in [0.1, 0.15) is 17.3 Å². The first-order chi connectivity index (χ1) is 15.3. The SMILES string of the molecule is COc1ccc2nc(NC(=O)c3cccc(S(=O)(=O)N4CCN(C(C)=O)CC4)c3)sc2c1. The van der Waals surface area contributed by atoms with Crippen LogP contribution in [0, 0.1) is 0 Å². The first kappa shape index (κ1) is 22.2. The molecular weight excluding hydrogens is 452 g/mol. The van der Waals surface area contributed by atoms with Crippen molar-refractivity contribution in [2.24, 2.45) is 0 Å². The zero-order valence-electron chi connectivity index (χ0n) is 17.6. The number of hydrogen-bond acceptors (Lipinski definition) is 7. The minimum atomic E-state index is -3.78. The number of carbonyl (C=O) groups excluding carboxylic acids is 2. The molecule has 1 aliphatic heterocycles. The third-order valence-corrected chi connectivity index (χ3v) is 8.06. The average Bonchev–Trinajstić information content (AvgIpc) is 3.20. The van der Waals surface area contributed by atoms with E-state index < -0.39 is 15.9 Å². The molecule has 1 aromatic heterocycles. The number of nitrogens with zero attached hydrogens (tertiary/aromatic N) is 3. The second-order valence-corrected chi connectivity index (χ2v) is 10.2. The standard InChI is InChI=1S/C21H22N4O5S2/c1-14(26)24-8-10-25(11-9-24)32(28,29)17-5-3-4-15(12-17)20(27)23-21-22-18-7-6-16(30-2)13-19(18)31-21/h3-7,12-13H,8-11H2,1-2H3,(H,22,23,27). The van der Waals surface area contributed by atoms with Crippen LogP contribution in [0.2, 0.25) is 0 Å². The second-order valence-electron chi connectivity index (χ2n) is 7.24. The van der Waals surface area contributed by atoms with Crippen LogP contribution in [0.15, 0.2) is 47.4 Å². The Morgan fingerprint density at radius 2 is 1.84 bits per heavy atom. The second kappa shape index (κ2) is 8.85. The molecule has 32 heavy (non-hydrogen) atoms. The summed E-state index contributed by atoms with van der Waals surface area (Å²) in [5.41, 5.74) is 0.942. The number of fused-ring (bicyclic) bond motifs is 1. The van der Waals surface area contributed by atoms with Crippen LogP contribution in [0.5, 0.6) is 5.75 Å². The molecule has 1 saturated heterocycles. The summed E-state index contributed by atoms with van der Waals surface area (Å²) in [6, 6.07) is 11.3. The van der Waals surface area contributed by atoms with Crippen molar-refractivity contribution < 1.29 is 22.7 Å². The molecular formula is C21H22N4O5S2. The fraction of sp³-hybridized carbons (Fsp3) is 0.286. The lowest BCUT2D eigenvalue weighted by atomic mass is 10.2. The van der Waals surface area contributed by atoms with E-state index in [1.165, 1.54) is 40.8 Å². The van der Waals surface area contributed by atoms with E-state index in [1.54, 1.807) is 30.2 Å². The van der Waals surface area contributed by atoms with Gasteiger partial charge < -0.3 is 9.64 Å². The van der Waals surface area contributed by atoms with E-state index in [2.05, 4.69) is 10.3 Å². The van der Waals surface area contributed by atoms with Gasteiger partial charge in [0, 0.05) is 38.7 Å². The number of ether oxygens (including phenoxy) is 1. The highest BCUT2D eigenvalue weighted by Crippen LogP contribution is 2.29. The van der Waals surface area contributed by atoms with Gasteiger partial charge in [0.1, 0.15) is 5.75 Å². The van der Waals surface area contributed by atoms with Gasteiger partial charge in [-0.3, -0.25) is 14.9 Å². The highest BCUT2D eigenvalue weighted by atomic mass is 32.2. The molecule has 1 fully saturated rings. The summed E-state index contributed by atoms with van der Waals surface area (Å²) in [6.45, 7) is 2.59. The Morgan fingerprint density at radius 1 is 1.09 bits per heavy atom. The zero-order valence-corrected chi connectivity index (χ0v) is 19.2. The molecule has 1 aliphatic rings. The van der Waals surface area contributed by atoms with Gasteiger partial charge in [0.15, 0.2) is 5.13 Å². The van der Waals surface area contributed by atoms with Crippen LogP contribution in [0.4, 0.5) is 5.13 Å². The molecule has 11 heteroatoms. The lowest BCUT2D eigenvalue weighted by Crippen LogP contribution is -2.49. The number of amides is 2.